The van der Waals surface area contributed by atoms with Crippen molar-refractivity contribution < 1.29 is 9.84 Å². The summed E-state index contributed by atoms with van der Waals surface area (Å²) in [5.74, 6) is 0. The first-order valence-corrected chi connectivity index (χ1v) is 3.22. The van der Waals surface area contributed by atoms with Crippen LogP contribution in [0.25, 0.3) is 10.4 Å². The van der Waals surface area contributed by atoms with Crippen LogP contribution >= 0.6 is 0 Å². The van der Waals surface area contributed by atoms with E-state index < -0.39 is 11.6 Å². The molecule has 0 spiro atoms. The highest BCUT2D eigenvalue weighted by molar-refractivity contribution is 5.04. The molecule has 0 saturated carbocycles. The number of azide groups is 1. The Labute approximate surface area is 63.9 Å². The summed E-state index contributed by atoms with van der Waals surface area (Å²) in [6.45, 7) is 1.73. The van der Waals surface area contributed by atoms with Gasteiger partial charge in [-0.25, -0.2) is 0 Å². The largest absolute Gasteiger partial charge is 0.499 e. The van der Waals surface area contributed by atoms with Crippen molar-refractivity contribution in [1.82, 2.24) is 0 Å². The maximum Gasteiger partial charge on any atom is 0.116 e. The first-order chi connectivity index (χ1) is 5.17. The van der Waals surface area contributed by atoms with E-state index in [1.807, 2.05) is 0 Å². The van der Waals surface area contributed by atoms with Gasteiger partial charge in [0.1, 0.15) is 12.2 Å². The van der Waals surface area contributed by atoms with E-state index in [1.165, 1.54) is 12.3 Å². The maximum atomic E-state index is 9.52. The lowest BCUT2D eigenvalue weighted by atomic mass is 9.97. The molecule has 0 saturated heterocycles. The lowest BCUT2D eigenvalue weighted by Crippen LogP contribution is -2.42. The minimum Gasteiger partial charge on any atom is -0.499 e. The van der Waals surface area contributed by atoms with Crippen LogP contribution in [0, 0.1) is 0 Å². The van der Waals surface area contributed by atoms with E-state index in [9.17, 15) is 5.11 Å². The summed E-state index contributed by atoms with van der Waals surface area (Å²) in [7, 11) is 0. The number of ether oxygens (including phenoxy) is 1. The van der Waals surface area contributed by atoms with Crippen molar-refractivity contribution in [3.05, 3.63) is 22.8 Å². The van der Waals surface area contributed by atoms with E-state index in [2.05, 4.69) is 10.0 Å². The Morgan fingerprint density at radius 3 is 3.18 bits per heavy atom. The predicted molar refractivity (Wildman–Crippen MR) is 38.6 cm³/mol. The van der Waals surface area contributed by atoms with Crippen LogP contribution in [0.4, 0.5) is 0 Å². The molecule has 60 valence electrons. The third-order valence-electron chi connectivity index (χ3n) is 1.55. The Kier molecular flexibility index (Phi) is 2.03. The number of hydrogen-bond donors (Lipinski definition) is 1. The van der Waals surface area contributed by atoms with Gasteiger partial charge in [0.2, 0.25) is 0 Å². The van der Waals surface area contributed by atoms with E-state index in [0.717, 1.165) is 0 Å². The lowest BCUT2D eigenvalue weighted by Gasteiger charge is -2.29. The molecule has 0 aromatic heterocycles. The van der Waals surface area contributed by atoms with Gasteiger partial charge >= 0.3 is 0 Å². The van der Waals surface area contributed by atoms with Crippen LogP contribution in [0.2, 0.25) is 0 Å². The van der Waals surface area contributed by atoms with Crippen LogP contribution < -0.4 is 0 Å². The molecule has 11 heavy (non-hydrogen) atoms. The van der Waals surface area contributed by atoms with Gasteiger partial charge in [-0.3, -0.25) is 0 Å². The van der Waals surface area contributed by atoms with Crippen molar-refractivity contribution >= 4 is 0 Å². The molecule has 1 N–H and O–H groups in total. The molecule has 0 fully saturated rings. The fraction of sp³-hybridized carbons (Fsp3) is 0.667. The Hall–Kier alpha value is -1.19. The number of aliphatic hydroxyl groups is 1. The minimum atomic E-state index is -1.08. The standard InChI is InChI=1S/C6H9N3O2/c1-6(10)4-11-3-2-5(6)8-9-7/h2-3,5,10H,4H2,1H3/t5-,6-/m0/s1. The summed E-state index contributed by atoms with van der Waals surface area (Å²) in [6, 6.07) is -0.527. The number of rotatable bonds is 1. The van der Waals surface area contributed by atoms with Gasteiger partial charge in [0.05, 0.1) is 12.3 Å². The van der Waals surface area contributed by atoms with Gasteiger partial charge in [0.15, 0.2) is 0 Å². The van der Waals surface area contributed by atoms with Crippen LogP contribution in [-0.2, 0) is 4.74 Å². The molecule has 2 atom stereocenters. The van der Waals surface area contributed by atoms with Gasteiger partial charge in [-0.15, -0.1) is 0 Å². The summed E-state index contributed by atoms with van der Waals surface area (Å²) in [4.78, 5) is 2.61. The van der Waals surface area contributed by atoms with Crippen LogP contribution in [0.1, 0.15) is 6.92 Å². The summed E-state index contributed by atoms with van der Waals surface area (Å²) < 4.78 is 4.85. The second-order valence-corrected chi connectivity index (χ2v) is 2.65. The van der Waals surface area contributed by atoms with Crippen LogP contribution in [0.15, 0.2) is 17.5 Å². The molecule has 0 aliphatic carbocycles. The smallest absolute Gasteiger partial charge is 0.116 e. The molecule has 5 heteroatoms. The van der Waals surface area contributed by atoms with Crippen LogP contribution in [0.3, 0.4) is 0 Å². The average Bonchev–Trinajstić information content (AvgIpc) is 1.94. The molecule has 1 aliphatic rings. The van der Waals surface area contributed by atoms with Gasteiger partial charge in [-0.05, 0) is 18.5 Å². The maximum absolute atomic E-state index is 9.52. The number of hydrogen-bond acceptors (Lipinski definition) is 3. The van der Waals surface area contributed by atoms with Gasteiger partial charge in [0.25, 0.3) is 0 Å². The molecule has 0 unspecified atom stereocenters. The summed E-state index contributed by atoms with van der Waals surface area (Å²) in [6.07, 6.45) is 2.96. The Bertz CT molecular complexity index is 218. The fourth-order valence-corrected chi connectivity index (χ4v) is 0.858. The van der Waals surface area contributed by atoms with Crippen molar-refractivity contribution in [2.24, 2.45) is 5.11 Å². The highest BCUT2D eigenvalue weighted by Crippen LogP contribution is 2.19. The lowest BCUT2D eigenvalue weighted by molar-refractivity contribution is -0.0251. The Morgan fingerprint density at radius 1 is 1.91 bits per heavy atom. The van der Waals surface area contributed by atoms with Crippen LogP contribution in [-0.4, -0.2) is 23.4 Å². The molecule has 1 rings (SSSR count). The molecular weight excluding hydrogens is 146 g/mol. The second-order valence-electron chi connectivity index (χ2n) is 2.65. The third-order valence-corrected chi connectivity index (χ3v) is 1.55. The van der Waals surface area contributed by atoms with Crippen molar-refractivity contribution in [1.29, 1.82) is 0 Å². The highest BCUT2D eigenvalue weighted by Gasteiger charge is 2.32. The first kappa shape index (κ1) is 7.91. The number of nitrogens with zero attached hydrogens (tertiary/aromatic N) is 3. The van der Waals surface area contributed by atoms with Gasteiger partial charge in [0, 0.05) is 4.91 Å². The van der Waals surface area contributed by atoms with Crippen molar-refractivity contribution in [3.63, 3.8) is 0 Å². The van der Waals surface area contributed by atoms with Crippen molar-refractivity contribution in [3.8, 4) is 0 Å². The quantitative estimate of drug-likeness (QED) is 0.347. The van der Waals surface area contributed by atoms with E-state index in [0.29, 0.717) is 0 Å². The first-order valence-electron chi connectivity index (χ1n) is 3.22. The SMILES string of the molecule is C[C@]1(O)COC=C[C@@H]1N=[N+]=[N-]. The Morgan fingerprint density at radius 2 is 2.64 bits per heavy atom. The molecule has 5 nitrogen and oxygen atoms in total. The van der Waals surface area contributed by atoms with Gasteiger partial charge < -0.3 is 9.84 Å². The van der Waals surface area contributed by atoms with Gasteiger partial charge in [-0.1, -0.05) is 5.11 Å². The van der Waals surface area contributed by atoms with E-state index in [4.69, 9.17) is 10.3 Å². The normalized spacial score (nSPS) is 35.6. The summed E-state index contributed by atoms with van der Waals surface area (Å²) in [5.41, 5.74) is 7.04. The zero-order valence-electron chi connectivity index (χ0n) is 6.14. The highest BCUT2D eigenvalue weighted by atomic mass is 16.5. The fourth-order valence-electron chi connectivity index (χ4n) is 0.858. The zero-order valence-corrected chi connectivity index (χ0v) is 6.14. The predicted octanol–water partition coefficient (Wildman–Crippen LogP) is 0.960. The Balaban J connectivity index is 2.81. The molecule has 0 bridgehead atoms. The monoisotopic (exact) mass is 155 g/mol. The molecule has 0 aromatic rings. The summed E-state index contributed by atoms with van der Waals surface area (Å²) >= 11 is 0. The molecule has 1 heterocycles. The molecular formula is C6H9N3O2. The van der Waals surface area contributed by atoms with E-state index >= 15 is 0 Å². The van der Waals surface area contributed by atoms with Gasteiger partial charge in [-0.2, -0.15) is 0 Å². The molecule has 1 aliphatic heterocycles. The molecule has 0 aromatic carbocycles. The summed E-state index contributed by atoms with van der Waals surface area (Å²) in [5, 5.41) is 12.9. The average molecular weight is 155 g/mol. The minimum absolute atomic E-state index is 0.160. The van der Waals surface area contributed by atoms with Crippen LogP contribution in [0.5, 0.6) is 0 Å². The topological polar surface area (TPSA) is 78.2 Å². The molecule has 0 radical (unpaired) electrons. The second kappa shape index (κ2) is 2.82. The molecule has 0 amide bonds. The van der Waals surface area contributed by atoms with E-state index in [-0.39, 0.29) is 6.61 Å². The third kappa shape index (κ3) is 1.63. The zero-order chi connectivity index (χ0) is 8.32. The van der Waals surface area contributed by atoms with Crippen molar-refractivity contribution in [2.75, 3.05) is 6.61 Å². The van der Waals surface area contributed by atoms with Crippen molar-refractivity contribution in [2.45, 2.75) is 18.6 Å². The van der Waals surface area contributed by atoms with E-state index in [1.54, 1.807) is 6.92 Å².